The lowest BCUT2D eigenvalue weighted by Crippen LogP contribution is -2.39. The summed E-state index contributed by atoms with van der Waals surface area (Å²) in [7, 11) is 3.12. The molecule has 0 N–H and O–H groups in total. The molecule has 0 aliphatic carbocycles. The SMILES string of the molecule is CCOC(=O)C1=C(C)N=c2s/c(=C/c3cc(OC)c(OC)cc3Br)c(=O)n2C1c1ccccc1. The van der Waals surface area contributed by atoms with E-state index in [2.05, 4.69) is 20.9 Å². The number of carbonyl (C=O) groups is 1. The van der Waals surface area contributed by atoms with Crippen molar-refractivity contribution in [2.75, 3.05) is 20.8 Å². The number of fused-ring (bicyclic) bond motifs is 1. The van der Waals surface area contributed by atoms with E-state index in [0.717, 1.165) is 15.6 Å². The van der Waals surface area contributed by atoms with E-state index in [1.807, 2.05) is 30.3 Å². The minimum absolute atomic E-state index is 0.231. The summed E-state index contributed by atoms with van der Waals surface area (Å²) in [5.74, 6) is 0.647. The smallest absolute Gasteiger partial charge is 0.338 e. The van der Waals surface area contributed by atoms with Crippen LogP contribution >= 0.6 is 27.3 Å². The van der Waals surface area contributed by atoms with E-state index < -0.39 is 12.0 Å². The molecule has 176 valence electrons. The molecular weight excluding hydrogens is 520 g/mol. The van der Waals surface area contributed by atoms with Gasteiger partial charge in [0.1, 0.15) is 0 Å². The zero-order valence-electron chi connectivity index (χ0n) is 19.1. The van der Waals surface area contributed by atoms with Crippen molar-refractivity contribution < 1.29 is 19.0 Å². The van der Waals surface area contributed by atoms with Crippen molar-refractivity contribution in [1.82, 2.24) is 4.57 Å². The van der Waals surface area contributed by atoms with Crippen molar-refractivity contribution >= 4 is 39.3 Å². The first-order chi connectivity index (χ1) is 16.4. The van der Waals surface area contributed by atoms with Crippen LogP contribution in [-0.4, -0.2) is 31.4 Å². The molecule has 2 heterocycles. The molecule has 1 aliphatic rings. The highest BCUT2D eigenvalue weighted by Crippen LogP contribution is 2.34. The first-order valence-electron chi connectivity index (χ1n) is 10.6. The van der Waals surface area contributed by atoms with E-state index in [-0.39, 0.29) is 12.2 Å². The van der Waals surface area contributed by atoms with Crippen LogP contribution in [0.25, 0.3) is 6.08 Å². The van der Waals surface area contributed by atoms with Crippen molar-refractivity contribution in [3.8, 4) is 11.5 Å². The monoisotopic (exact) mass is 542 g/mol. The first kappa shape index (κ1) is 24.0. The number of hydrogen-bond donors (Lipinski definition) is 0. The summed E-state index contributed by atoms with van der Waals surface area (Å²) in [5, 5.41) is 0. The predicted octanol–water partition coefficient (Wildman–Crippen LogP) is 3.58. The normalized spacial score (nSPS) is 15.6. The molecule has 1 aliphatic heterocycles. The highest BCUT2D eigenvalue weighted by atomic mass is 79.9. The fourth-order valence-electron chi connectivity index (χ4n) is 3.86. The molecule has 7 nitrogen and oxygen atoms in total. The number of allylic oxidation sites excluding steroid dienone is 1. The predicted molar refractivity (Wildman–Crippen MR) is 134 cm³/mol. The van der Waals surface area contributed by atoms with Crippen LogP contribution in [-0.2, 0) is 9.53 Å². The minimum Gasteiger partial charge on any atom is -0.493 e. The first-order valence-corrected chi connectivity index (χ1v) is 12.2. The van der Waals surface area contributed by atoms with Crippen LogP contribution in [0.2, 0.25) is 0 Å². The van der Waals surface area contributed by atoms with E-state index in [1.165, 1.54) is 11.3 Å². The van der Waals surface area contributed by atoms with Gasteiger partial charge in [-0.2, -0.15) is 0 Å². The standard InChI is InChI=1S/C25H23BrN2O5S/c1-5-33-24(30)21-14(2)27-25-28(22(21)15-9-7-6-8-10-15)23(29)20(34-25)12-16-11-18(31-3)19(32-4)13-17(16)26/h6-13,22H,5H2,1-4H3/b20-12+. The van der Waals surface area contributed by atoms with Crippen molar-refractivity contribution in [3.63, 3.8) is 0 Å². The Bertz CT molecular complexity index is 1460. The Morgan fingerprint density at radius 3 is 2.50 bits per heavy atom. The van der Waals surface area contributed by atoms with Crippen LogP contribution < -0.4 is 24.4 Å². The van der Waals surface area contributed by atoms with Gasteiger partial charge in [0.2, 0.25) is 0 Å². The number of halogens is 1. The maximum absolute atomic E-state index is 13.7. The van der Waals surface area contributed by atoms with Gasteiger partial charge in [0.15, 0.2) is 16.3 Å². The number of thiazole rings is 1. The number of esters is 1. The van der Waals surface area contributed by atoms with E-state index in [0.29, 0.717) is 32.1 Å². The molecular formula is C25H23BrN2O5S. The van der Waals surface area contributed by atoms with Crippen molar-refractivity contribution in [1.29, 1.82) is 0 Å². The number of hydrogen-bond acceptors (Lipinski definition) is 7. The zero-order valence-corrected chi connectivity index (χ0v) is 21.5. The van der Waals surface area contributed by atoms with E-state index >= 15 is 0 Å². The third kappa shape index (κ3) is 4.33. The summed E-state index contributed by atoms with van der Waals surface area (Å²) in [6, 6.07) is 12.4. The molecule has 0 bridgehead atoms. The van der Waals surface area contributed by atoms with Crippen molar-refractivity contribution in [2.24, 2.45) is 4.99 Å². The second-order valence-corrected chi connectivity index (χ2v) is 9.31. The number of benzene rings is 2. The van der Waals surface area contributed by atoms with Crippen LogP contribution in [0, 0.1) is 0 Å². The zero-order chi connectivity index (χ0) is 24.4. The maximum Gasteiger partial charge on any atom is 0.338 e. The Balaban J connectivity index is 1.95. The van der Waals surface area contributed by atoms with Gasteiger partial charge in [0, 0.05) is 4.47 Å². The van der Waals surface area contributed by atoms with E-state index in [4.69, 9.17) is 14.2 Å². The van der Waals surface area contributed by atoms with Gasteiger partial charge in [-0.25, -0.2) is 9.79 Å². The molecule has 3 aromatic rings. The van der Waals surface area contributed by atoms with Crippen LogP contribution in [0.1, 0.15) is 31.0 Å². The van der Waals surface area contributed by atoms with Crippen molar-refractivity contribution in [2.45, 2.75) is 19.9 Å². The molecule has 0 radical (unpaired) electrons. The summed E-state index contributed by atoms with van der Waals surface area (Å²) in [6.07, 6.45) is 1.78. The molecule has 2 aromatic carbocycles. The molecule has 1 unspecified atom stereocenters. The quantitative estimate of drug-likeness (QED) is 0.445. The second-order valence-electron chi connectivity index (χ2n) is 7.44. The molecule has 1 atom stereocenters. The number of nitrogens with zero attached hydrogens (tertiary/aromatic N) is 2. The Kier molecular flexibility index (Phi) is 7.04. The highest BCUT2D eigenvalue weighted by molar-refractivity contribution is 9.10. The van der Waals surface area contributed by atoms with Crippen LogP contribution in [0.3, 0.4) is 0 Å². The third-order valence-electron chi connectivity index (χ3n) is 5.42. The number of aromatic nitrogens is 1. The van der Waals surface area contributed by atoms with Gasteiger partial charge < -0.3 is 14.2 Å². The van der Waals surface area contributed by atoms with Crippen LogP contribution in [0.4, 0.5) is 0 Å². The molecule has 0 saturated heterocycles. The van der Waals surface area contributed by atoms with Gasteiger partial charge in [-0.3, -0.25) is 9.36 Å². The van der Waals surface area contributed by atoms with Gasteiger partial charge in [0.25, 0.3) is 5.56 Å². The molecule has 1 aromatic heterocycles. The lowest BCUT2D eigenvalue weighted by atomic mass is 9.96. The minimum atomic E-state index is -0.632. The number of rotatable bonds is 6. The maximum atomic E-state index is 13.7. The topological polar surface area (TPSA) is 79.1 Å². The highest BCUT2D eigenvalue weighted by Gasteiger charge is 2.33. The summed E-state index contributed by atoms with van der Waals surface area (Å²) < 4.78 is 18.9. The average Bonchev–Trinajstić information content (AvgIpc) is 3.14. The van der Waals surface area contributed by atoms with Gasteiger partial charge in [-0.05, 0) is 43.2 Å². The molecule has 34 heavy (non-hydrogen) atoms. The summed E-state index contributed by atoms with van der Waals surface area (Å²) in [6.45, 7) is 3.75. The summed E-state index contributed by atoms with van der Waals surface area (Å²) >= 11 is 4.81. The van der Waals surface area contributed by atoms with Crippen molar-refractivity contribution in [3.05, 3.63) is 89.0 Å². The Hall–Kier alpha value is -3.17. The molecule has 0 amide bonds. The van der Waals surface area contributed by atoms with Crippen LogP contribution in [0.15, 0.2) is 68.0 Å². The van der Waals surface area contributed by atoms with Gasteiger partial charge in [0.05, 0.1) is 42.7 Å². The number of ether oxygens (including phenoxy) is 3. The Morgan fingerprint density at radius 1 is 1.18 bits per heavy atom. The fourth-order valence-corrected chi connectivity index (χ4v) is 5.34. The van der Waals surface area contributed by atoms with E-state index in [1.54, 1.807) is 50.8 Å². The number of carbonyl (C=O) groups excluding carboxylic acids is 1. The van der Waals surface area contributed by atoms with Gasteiger partial charge in [-0.1, -0.05) is 57.6 Å². The van der Waals surface area contributed by atoms with Gasteiger partial charge >= 0.3 is 5.97 Å². The van der Waals surface area contributed by atoms with E-state index in [9.17, 15) is 9.59 Å². The largest absolute Gasteiger partial charge is 0.493 e. The Labute approximate surface area is 208 Å². The van der Waals surface area contributed by atoms with Gasteiger partial charge in [-0.15, -0.1) is 0 Å². The fraction of sp³-hybridized carbons (Fsp3) is 0.240. The second kappa shape index (κ2) is 9.99. The lowest BCUT2D eigenvalue weighted by molar-refractivity contribution is -0.139. The number of methoxy groups -OCH3 is 2. The lowest BCUT2D eigenvalue weighted by Gasteiger charge is -2.24. The molecule has 9 heteroatoms. The summed E-state index contributed by atoms with van der Waals surface area (Å²) in [4.78, 5) is 31.7. The average molecular weight is 543 g/mol. The molecule has 0 fully saturated rings. The summed E-state index contributed by atoms with van der Waals surface area (Å²) in [5.41, 5.74) is 2.21. The molecule has 4 rings (SSSR count). The van der Waals surface area contributed by atoms with Crippen LogP contribution in [0.5, 0.6) is 11.5 Å². The Morgan fingerprint density at radius 2 is 1.85 bits per heavy atom. The third-order valence-corrected chi connectivity index (χ3v) is 7.09. The molecule has 0 spiro atoms. The molecule has 0 saturated carbocycles.